The molecule has 2 aliphatic rings. The van der Waals surface area contributed by atoms with Crippen molar-refractivity contribution in [2.75, 3.05) is 13.1 Å². The maximum Gasteiger partial charge on any atom is 0.311 e. The SMILES string of the molecule is O=C(O)[C@@]12CCC[C@H]1CN(S(=O)(=O)c1c(F)cccc1Cl)C2. The summed E-state index contributed by atoms with van der Waals surface area (Å²) in [6, 6.07) is 3.66. The molecule has 0 aromatic heterocycles. The van der Waals surface area contributed by atoms with Gasteiger partial charge in [-0.2, -0.15) is 4.31 Å². The normalized spacial score (nSPS) is 28.7. The van der Waals surface area contributed by atoms with Crippen molar-refractivity contribution in [1.82, 2.24) is 4.31 Å². The summed E-state index contributed by atoms with van der Waals surface area (Å²) < 4.78 is 40.4. The van der Waals surface area contributed by atoms with Crippen molar-refractivity contribution in [2.45, 2.75) is 24.2 Å². The molecule has 1 saturated heterocycles. The van der Waals surface area contributed by atoms with Crippen LogP contribution in [0, 0.1) is 17.2 Å². The van der Waals surface area contributed by atoms with Crippen LogP contribution in [0.5, 0.6) is 0 Å². The molecule has 1 heterocycles. The van der Waals surface area contributed by atoms with E-state index < -0.39 is 32.1 Å². The number of fused-ring (bicyclic) bond motifs is 1. The van der Waals surface area contributed by atoms with Crippen LogP contribution in [-0.2, 0) is 14.8 Å². The van der Waals surface area contributed by atoms with Gasteiger partial charge in [0.2, 0.25) is 10.0 Å². The Kier molecular flexibility index (Phi) is 3.70. The number of hydrogen-bond donors (Lipinski definition) is 1. The number of halogens is 2. The van der Waals surface area contributed by atoms with E-state index in [9.17, 15) is 22.7 Å². The topological polar surface area (TPSA) is 74.7 Å². The quantitative estimate of drug-likeness (QED) is 0.910. The third-order valence-corrected chi connectivity index (χ3v) is 7.10. The molecule has 1 aromatic carbocycles. The lowest BCUT2D eigenvalue weighted by Gasteiger charge is -2.23. The molecule has 1 aliphatic heterocycles. The van der Waals surface area contributed by atoms with Gasteiger partial charge < -0.3 is 5.11 Å². The molecule has 1 saturated carbocycles. The lowest BCUT2D eigenvalue weighted by atomic mass is 9.81. The van der Waals surface area contributed by atoms with E-state index in [1.807, 2.05) is 0 Å². The highest BCUT2D eigenvalue weighted by Gasteiger charge is 2.57. The van der Waals surface area contributed by atoms with Crippen LogP contribution in [0.4, 0.5) is 4.39 Å². The van der Waals surface area contributed by atoms with E-state index >= 15 is 0 Å². The highest BCUT2D eigenvalue weighted by Crippen LogP contribution is 2.50. The number of aliphatic carboxylic acids is 1. The molecule has 0 radical (unpaired) electrons. The molecule has 5 nitrogen and oxygen atoms in total. The Hall–Kier alpha value is -1.18. The summed E-state index contributed by atoms with van der Waals surface area (Å²) in [5, 5.41) is 9.32. The second-order valence-electron chi connectivity index (χ2n) is 5.90. The maximum atomic E-state index is 13.9. The van der Waals surface area contributed by atoms with Crippen molar-refractivity contribution >= 4 is 27.6 Å². The summed E-state index contributed by atoms with van der Waals surface area (Å²) in [6.07, 6.45) is 1.89. The summed E-state index contributed by atoms with van der Waals surface area (Å²) in [6.45, 7) is -0.0285. The van der Waals surface area contributed by atoms with Crippen molar-refractivity contribution in [3.8, 4) is 0 Å². The molecule has 22 heavy (non-hydrogen) atoms. The van der Waals surface area contributed by atoms with Gasteiger partial charge in [0, 0.05) is 13.1 Å². The fraction of sp³-hybridized carbons (Fsp3) is 0.500. The number of benzene rings is 1. The molecule has 3 rings (SSSR count). The predicted molar refractivity (Wildman–Crippen MR) is 77.6 cm³/mol. The lowest BCUT2D eigenvalue weighted by Crippen LogP contribution is -2.37. The molecular weight excluding hydrogens is 333 g/mol. The van der Waals surface area contributed by atoms with E-state index in [1.165, 1.54) is 12.1 Å². The van der Waals surface area contributed by atoms with Crippen LogP contribution >= 0.6 is 11.6 Å². The number of carboxylic acid groups (broad SMARTS) is 1. The van der Waals surface area contributed by atoms with Crippen molar-refractivity contribution in [3.05, 3.63) is 29.0 Å². The second kappa shape index (κ2) is 5.18. The largest absolute Gasteiger partial charge is 0.481 e. The Morgan fingerprint density at radius 2 is 2.18 bits per heavy atom. The molecule has 1 N–H and O–H groups in total. The summed E-state index contributed by atoms with van der Waals surface area (Å²) in [7, 11) is -4.15. The Balaban J connectivity index is 2.01. The number of nitrogens with zero attached hydrogens (tertiary/aromatic N) is 1. The fourth-order valence-corrected chi connectivity index (χ4v) is 5.75. The number of hydrogen-bond acceptors (Lipinski definition) is 3. The van der Waals surface area contributed by atoms with Crippen molar-refractivity contribution < 1.29 is 22.7 Å². The van der Waals surface area contributed by atoms with Crippen LogP contribution in [0.1, 0.15) is 19.3 Å². The van der Waals surface area contributed by atoms with E-state index in [2.05, 4.69) is 0 Å². The van der Waals surface area contributed by atoms with Crippen LogP contribution in [-0.4, -0.2) is 36.9 Å². The van der Waals surface area contributed by atoms with Crippen LogP contribution in [0.2, 0.25) is 5.02 Å². The molecule has 1 aliphatic carbocycles. The maximum absolute atomic E-state index is 13.9. The van der Waals surface area contributed by atoms with E-state index in [1.54, 1.807) is 0 Å². The molecule has 8 heteroatoms. The van der Waals surface area contributed by atoms with Crippen molar-refractivity contribution in [3.63, 3.8) is 0 Å². The zero-order valence-electron chi connectivity index (χ0n) is 11.6. The molecule has 120 valence electrons. The molecule has 0 bridgehead atoms. The second-order valence-corrected chi connectivity index (χ2v) is 8.18. The minimum absolute atomic E-state index is 0.0965. The minimum atomic E-state index is -4.15. The summed E-state index contributed by atoms with van der Waals surface area (Å²) >= 11 is 5.85. The van der Waals surface area contributed by atoms with Gasteiger partial charge in [-0.15, -0.1) is 0 Å². The molecule has 0 spiro atoms. The number of carboxylic acids is 1. The number of sulfonamides is 1. The first-order valence-electron chi connectivity index (χ1n) is 6.96. The molecule has 2 atom stereocenters. The van der Waals surface area contributed by atoms with Crippen LogP contribution in [0.15, 0.2) is 23.1 Å². The molecule has 0 amide bonds. The smallest absolute Gasteiger partial charge is 0.311 e. The van der Waals surface area contributed by atoms with Gasteiger partial charge in [0.1, 0.15) is 10.7 Å². The Morgan fingerprint density at radius 3 is 2.77 bits per heavy atom. The standard InChI is InChI=1S/C14H15ClFNO4S/c15-10-4-1-5-11(16)12(10)22(20,21)17-7-9-3-2-6-14(9,8-17)13(18)19/h1,4-5,9H,2-3,6-8H2,(H,18,19)/t9-,14+/m0/s1. The molecule has 0 unspecified atom stereocenters. The Labute approximate surface area is 132 Å². The molecular formula is C14H15ClFNO4S. The van der Waals surface area contributed by atoms with Gasteiger partial charge in [-0.3, -0.25) is 4.79 Å². The van der Waals surface area contributed by atoms with Crippen LogP contribution < -0.4 is 0 Å². The third-order valence-electron chi connectivity index (χ3n) is 4.78. The average molecular weight is 348 g/mol. The Morgan fingerprint density at radius 1 is 1.45 bits per heavy atom. The fourth-order valence-electron chi connectivity index (χ4n) is 3.63. The van der Waals surface area contributed by atoms with Crippen LogP contribution in [0.25, 0.3) is 0 Å². The monoisotopic (exact) mass is 347 g/mol. The summed E-state index contributed by atoms with van der Waals surface area (Å²) in [5.41, 5.74) is -1.05. The number of rotatable bonds is 3. The van der Waals surface area contributed by atoms with E-state index in [-0.39, 0.29) is 24.0 Å². The Bertz CT molecular complexity index is 718. The summed E-state index contributed by atoms with van der Waals surface area (Å²) in [4.78, 5) is 11.1. The van der Waals surface area contributed by atoms with E-state index in [4.69, 9.17) is 11.6 Å². The van der Waals surface area contributed by atoms with Gasteiger partial charge in [-0.25, -0.2) is 12.8 Å². The zero-order chi connectivity index (χ0) is 16.1. The van der Waals surface area contributed by atoms with Gasteiger partial charge >= 0.3 is 5.97 Å². The molecule has 1 aromatic rings. The van der Waals surface area contributed by atoms with Crippen LogP contribution in [0.3, 0.4) is 0 Å². The van der Waals surface area contributed by atoms with Gasteiger partial charge in [0.25, 0.3) is 0 Å². The van der Waals surface area contributed by atoms with Crippen molar-refractivity contribution in [1.29, 1.82) is 0 Å². The summed E-state index contributed by atoms with van der Waals surface area (Å²) in [5.74, 6) is -2.13. The minimum Gasteiger partial charge on any atom is -0.481 e. The van der Waals surface area contributed by atoms with Crippen molar-refractivity contribution in [2.24, 2.45) is 11.3 Å². The first-order chi connectivity index (χ1) is 10.3. The average Bonchev–Trinajstić information content (AvgIpc) is 2.95. The highest BCUT2D eigenvalue weighted by molar-refractivity contribution is 7.89. The first kappa shape index (κ1) is 15.7. The van der Waals surface area contributed by atoms with Gasteiger partial charge in [0.05, 0.1) is 10.4 Å². The lowest BCUT2D eigenvalue weighted by molar-refractivity contribution is -0.149. The zero-order valence-corrected chi connectivity index (χ0v) is 13.2. The highest BCUT2D eigenvalue weighted by atomic mass is 35.5. The molecule has 2 fully saturated rings. The first-order valence-corrected chi connectivity index (χ1v) is 8.78. The third kappa shape index (κ3) is 2.14. The van der Waals surface area contributed by atoms with Gasteiger partial charge in [-0.1, -0.05) is 24.1 Å². The van der Waals surface area contributed by atoms with Gasteiger partial charge in [-0.05, 0) is 30.9 Å². The van der Waals surface area contributed by atoms with E-state index in [0.717, 1.165) is 16.8 Å². The van der Waals surface area contributed by atoms with E-state index in [0.29, 0.717) is 12.8 Å². The predicted octanol–water partition coefficient (Wildman–Crippen LogP) is 2.35. The van der Waals surface area contributed by atoms with Gasteiger partial charge in [0.15, 0.2) is 0 Å². The number of carbonyl (C=O) groups is 1.